The molecule has 0 atom stereocenters. The van der Waals surface area contributed by atoms with Crippen LogP contribution < -0.4 is 10.0 Å². The first-order valence-electron chi connectivity index (χ1n) is 8.63. The van der Waals surface area contributed by atoms with Crippen LogP contribution in [0.2, 0.25) is 0 Å². The van der Waals surface area contributed by atoms with Crippen molar-refractivity contribution in [1.82, 2.24) is 0 Å². The van der Waals surface area contributed by atoms with Gasteiger partial charge >= 0.3 is 0 Å². The molecule has 3 rings (SSSR count). The number of ether oxygens (including phenoxy) is 1. The Bertz CT molecular complexity index is 896. The van der Waals surface area contributed by atoms with Gasteiger partial charge in [0.25, 0.3) is 15.7 Å². The third kappa shape index (κ3) is 4.95. The highest BCUT2D eigenvalue weighted by Crippen LogP contribution is 2.30. The highest BCUT2D eigenvalue weighted by atomic mass is 32.2. The Morgan fingerprint density at radius 2 is 1.81 bits per heavy atom. The lowest BCUT2D eigenvalue weighted by molar-refractivity contribution is -0.383. The summed E-state index contributed by atoms with van der Waals surface area (Å²) in [5.41, 5.74) is 0.339. The van der Waals surface area contributed by atoms with E-state index in [1.54, 1.807) is 18.2 Å². The quantitative estimate of drug-likeness (QED) is 0.554. The molecule has 0 bridgehead atoms. The Kier molecular flexibility index (Phi) is 5.92. The first-order valence-corrected chi connectivity index (χ1v) is 10.1. The molecule has 0 amide bonds. The Labute approximate surface area is 157 Å². The van der Waals surface area contributed by atoms with E-state index in [-0.39, 0.29) is 16.3 Å². The fraction of sp³-hybridized carbons (Fsp3) is 0.333. The van der Waals surface area contributed by atoms with Crippen molar-refractivity contribution < 1.29 is 18.1 Å². The van der Waals surface area contributed by atoms with Crippen molar-refractivity contribution in [3.05, 3.63) is 58.6 Å². The van der Waals surface area contributed by atoms with E-state index in [4.69, 9.17) is 4.74 Å². The van der Waals surface area contributed by atoms with E-state index in [1.165, 1.54) is 30.3 Å². The number of nitrogens with one attached hydrogen (secondary N) is 2. The van der Waals surface area contributed by atoms with Crippen molar-refractivity contribution >= 4 is 27.1 Å². The Morgan fingerprint density at radius 1 is 1.11 bits per heavy atom. The summed E-state index contributed by atoms with van der Waals surface area (Å²) >= 11 is 0. The second-order valence-electron chi connectivity index (χ2n) is 6.34. The second kappa shape index (κ2) is 8.36. The van der Waals surface area contributed by atoms with Gasteiger partial charge in [-0.2, -0.15) is 0 Å². The summed E-state index contributed by atoms with van der Waals surface area (Å²) in [4.78, 5) is 11.0. The number of nitro benzene ring substituents is 1. The van der Waals surface area contributed by atoms with Gasteiger partial charge in [0.1, 0.15) is 5.69 Å². The van der Waals surface area contributed by atoms with E-state index in [1.807, 2.05) is 0 Å². The summed E-state index contributed by atoms with van der Waals surface area (Å²) < 4.78 is 32.5. The van der Waals surface area contributed by atoms with Crippen LogP contribution in [-0.4, -0.2) is 33.1 Å². The van der Waals surface area contributed by atoms with E-state index >= 15 is 0 Å². The average Bonchev–Trinajstić information content (AvgIpc) is 2.68. The molecule has 2 aromatic carbocycles. The fourth-order valence-electron chi connectivity index (χ4n) is 2.91. The Balaban J connectivity index is 1.76. The van der Waals surface area contributed by atoms with Crippen molar-refractivity contribution in [2.75, 3.05) is 29.8 Å². The summed E-state index contributed by atoms with van der Waals surface area (Å²) in [7, 11) is -3.80. The zero-order valence-corrected chi connectivity index (χ0v) is 15.4. The van der Waals surface area contributed by atoms with E-state index < -0.39 is 14.9 Å². The molecule has 0 unspecified atom stereocenters. The van der Waals surface area contributed by atoms with Crippen molar-refractivity contribution in [2.24, 2.45) is 5.92 Å². The normalized spacial score (nSPS) is 15.3. The van der Waals surface area contributed by atoms with Gasteiger partial charge in [-0.3, -0.25) is 14.8 Å². The zero-order chi connectivity index (χ0) is 19.3. The van der Waals surface area contributed by atoms with Crippen LogP contribution in [0.3, 0.4) is 0 Å². The zero-order valence-electron chi connectivity index (χ0n) is 14.6. The third-order valence-corrected chi connectivity index (χ3v) is 5.82. The molecule has 27 heavy (non-hydrogen) atoms. The Morgan fingerprint density at radius 3 is 2.48 bits per heavy atom. The van der Waals surface area contributed by atoms with E-state index in [2.05, 4.69) is 10.0 Å². The molecule has 0 radical (unpaired) electrons. The smallest absolute Gasteiger partial charge is 0.294 e. The number of anilines is 2. The summed E-state index contributed by atoms with van der Waals surface area (Å²) in [6, 6.07) is 12.1. The van der Waals surface area contributed by atoms with Crippen LogP contribution >= 0.6 is 0 Å². The lowest BCUT2D eigenvalue weighted by Crippen LogP contribution is -2.22. The van der Waals surface area contributed by atoms with Gasteiger partial charge in [-0.25, -0.2) is 8.42 Å². The maximum Gasteiger partial charge on any atom is 0.294 e. The van der Waals surface area contributed by atoms with Crippen LogP contribution in [0.5, 0.6) is 0 Å². The molecule has 1 aliphatic rings. The van der Waals surface area contributed by atoms with Crippen molar-refractivity contribution in [3.63, 3.8) is 0 Å². The molecule has 1 saturated heterocycles. The molecule has 1 fully saturated rings. The lowest BCUT2D eigenvalue weighted by Gasteiger charge is -2.22. The van der Waals surface area contributed by atoms with Gasteiger partial charge in [0.15, 0.2) is 0 Å². The summed E-state index contributed by atoms with van der Waals surface area (Å²) in [6.45, 7) is 2.02. The maximum atomic E-state index is 12.4. The van der Waals surface area contributed by atoms with Gasteiger partial charge in [-0.05, 0) is 43.0 Å². The van der Waals surface area contributed by atoms with E-state index in [0.717, 1.165) is 12.8 Å². The molecule has 0 aliphatic carbocycles. The molecule has 0 spiro atoms. The van der Waals surface area contributed by atoms with Crippen LogP contribution in [0.1, 0.15) is 12.8 Å². The van der Waals surface area contributed by atoms with Gasteiger partial charge < -0.3 is 10.1 Å². The summed E-state index contributed by atoms with van der Waals surface area (Å²) in [5.74, 6) is 0.398. The lowest BCUT2D eigenvalue weighted by atomic mass is 10.0. The molecule has 0 aromatic heterocycles. The predicted molar refractivity (Wildman–Crippen MR) is 102 cm³/mol. The number of sulfonamides is 1. The monoisotopic (exact) mass is 391 g/mol. The highest BCUT2D eigenvalue weighted by molar-refractivity contribution is 7.92. The van der Waals surface area contributed by atoms with Gasteiger partial charge in [-0.15, -0.1) is 0 Å². The van der Waals surface area contributed by atoms with Gasteiger partial charge in [0.05, 0.1) is 15.5 Å². The van der Waals surface area contributed by atoms with Crippen LogP contribution in [0.15, 0.2) is 53.4 Å². The third-order valence-electron chi connectivity index (χ3n) is 4.42. The minimum atomic E-state index is -3.80. The first kappa shape index (κ1) is 19.1. The topological polar surface area (TPSA) is 111 Å². The standard InChI is InChI=1S/C18H21N3O5S/c22-21(23)18-12-15(20-27(24,25)16-4-2-1-3-5-16)6-7-17(18)19-13-14-8-10-26-11-9-14/h1-7,12,14,19-20H,8-11,13H2. The van der Waals surface area contributed by atoms with Crippen LogP contribution in [0.25, 0.3) is 0 Å². The number of benzene rings is 2. The van der Waals surface area contributed by atoms with Crippen molar-refractivity contribution in [2.45, 2.75) is 17.7 Å². The molecule has 1 heterocycles. The number of rotatable bonds is 7. The first-order chi connectivity index (χ1) is 13.0. The number of hydrogen-bond acceptors (Lipinski definition) is 6. The Hall–Kier alpha value is -2.65. The minimum Gasteiger partial charge on any atom is -0.381 e. The average molecular weight is 391 g/mol. The van der Waals surface area contributed by atoms with Gasteiger partial charge in [0, 0.05) is 25.8 Å². The van der Waals surface area contributed by atoms with E-state index in [9.17, 15) is 18.5 Å². The minimum absolute atomic E-state index is 0.0920. The fourth-order valence-corrected chi connectivity index (χ4v) is 3.98. The molecule has 144 valence electrons. The van der Waals surface area contributed by atoms with Crippen molar-refractivity contribution in [1.29, 1.82) is 0 Å². The number of nitro groups is 1. The SMILES string of the molecule is O=[N+]([O-])c1cc(NS(=O)(=O)c2ccccc2)ccc1NCC1CCOCC1. The van der Waals surface area contributed by atoms with E-state index in [0.29, 0.717) is 31.4 Å². The van der Waals surface area contributed by atoms with Crippen LogP contribution in [-0.2, 0) is 14.8 Å². The molecule has 2 N–H and O–H groups in total. The number of nitrogens with zero attached hydrogens (tertiary/aromatic N) is 1. The van der Waals surface area contributed by atoms with Crippen molar-refractivity contribution in [3.8, 4) is 0 Å². The number of hydrogen-bond donors (Lipinski definition) is 2. The molecule has 0 saturated carbocycles. The largest absolute Gasteiger partial charge is 0.381 e. The second-order valence-corrected chi connectivity index (χ2v) is 8.03. The molecule has 2 aromatic rings. The molecule has 9 heteroatoms. The molecular weight excluding hydrogens is 370 g/mol. The van der Waals surface area contributed by atoms with Crippen LogP contribution in [0, 0.1) is 16.0 Å². The highest BCUT2D eigenvalue weighted by Gasteiger charge is 2.20. The van der Waals surface area contributed by atoms with Gasteiger partial charge in [-0.1, -0.05) is 18.2 Å². The molecule has 8 nitrogen and oxygen atoms in total. The maximum absolute atomic E-state index is 12.4. The van der Waals surface area contributed by atoms with Gasteiger partial charge in [0.2, 0.25) is 0 Å². The summed E-state index contributed by atoms with van der Waals surface area (Å²) in [5, 5.41) is 14.5. The molecular formula is C18H21N3O5S. The predicted octanol–water partition coefficient (Wildman–Crippen LogP) is 3.23. The summed E-state index contributed by atoms with van der Waals surface area (Å²) in [6.07, 6.45) is 1.82. The van der Waals surface area contributed by atoms with Crippen LogP contribution in [0.4, 0.5) is 17.1 Å². The molecule has 1 aliphatic heterocycles.